The maximum atomic E-state index is 12.7. The van der Waals surface area contributed by atoms with Gasteiger partial charge in [-0.25, -0.2) is 8.42 Å². The number of amides is 1. The Labute approximate surface area is 200 Å². The Kier molecular flexibility index (Phi) is 7.44. The number of hydrogen-bond donors (Lipinski definition) is 2. The number of nitrogens with one attached hydrogen (secondary N) is 2. The quantitative estimate of drug-likeness (QED) is 0.513. The SMILES string of the molecule is COc1ccc(NS(=O)(=O)c2ccc(C(=O)NC3CCN(Cc4ccncc4)CC3)cc2)cc1. The van der Waals surface area contributed by atoms with Gasteiger partial charge in [-0.1, -0.05) is 0 Å². The lowest BCUT2D eigenvalue weighted by Crippen LogP contribution is -2.44. The van der Waals surface area contributed by atoms with Gasteiger partial charge in [-0.2, -0.15) is 0 Å². The van der Waals surface area contributed by atoms with Gasteiger partial charge in [0.2, 0.25) is 0 Å². The van der Waals surface area contributed by atoms with Crippen molar-refractivity contribution in [1.29, 1.82) is 0 Å². The van der Waals surface area contributed by atoms with Crippen LogP contribution in [0.15, 0.2) is 78.0 Å². The summed E-state index contributed by atoms with van der Waals surface area (Å²) in [6.07, 6.45) is 5.34. The summed E-state index contributed by atoms with van der Waals surface area (Å²) < 4.78 is 32.9. The lowest BCUT2D eigenvalue weighted by molar-refractivity contribution is 0.0909. The van der Waals surface area contributed by atoms with E-state index < -0.39 is 10.0 Å². The Bertz CT molecular complexity index is 1190. The van der Waals surface area contributed by atoms with Crippen LogP contribution in [0.4, 0.5) is 5.69 Å². The molecule has 1 amide bonds. The van der Waals surface area contributed by atoms with Crippen molar-refractivity contribution in [3.05, 3.63) is 84.2 Å². The summed E-state index contributed by atoms with van der Waals surface area (Å²) in [5.41, 5.74) is 2.09. The van der Waals surface area contributed by atoms with E-state index in [0.29, 0.717) is 17.0 Å². The van der Waals surface area contributed by atoms with Crippen molar-refractivity contribution in [3.8, 4) is 5.75 Å². The Morgan fingerprint density at radius 3 is 2.26 bits per heavy atom. The number of methoxy groups -OCH3 is 1. The third-order valence-corrected chi connectivity index (χ3v) is 7.24. The molecule has 0 bridgehead atoms. The number of likely N-dealkylation sites (tertiary alicyclic amines) is 1. The molecule has 4 rings (SSSR count). The van der Waals surface area contributed by atoms with Crippen LogP contribution in [0, 0.1) is 0 Å². The topological polar surface area (TPSA) is 101 Å². The van der Waals surface area contributed by atoms with Gasteiger partial charge in [0.1, 0.15) is 5.75 Å². The molecule has 1 saturated heterocycles. The van der Waals surface area contributed by atoms with Crippen LogP contribution in [0.1, 0.15) is 28.8 Å². The fraction of sp³-hybridized carbons (Fsp3) is 0.280. The van der Waals surface area contributed by atoms with Gasteiger partial charge in [0.25, 0.3) is 15.9 Å². The molecular formula is C25H28N4O4S. The van der Waals surface area contributed by atoms with Crippen molar-refractivity contribution in [2.75, 3.05) is 24.9 Å². The van der Waals surface area contributed by atoms with Crippen molar-refractivity contribution < 1.29 is 17.9 Å². The number of carbonyl (C=O) groups excluding carboxylic acids is 1. The number of anilines is 1. The molecule has 178 valence electrons. The third kappa shape index (κ3) is 6.12. The van der Waals surface area contributed by atoms with Crippen molar-refractivity contribution in [2.45, 2.75) is 30.3 Å². The summed E-state index contributed by atoms with van der Waals surface area (Å²) >= 11 is 0. The summed E-state index contributed by atoms with van der Waals surface area (Å²) in [4.78, 5) is 19.2. The van der Waals surface area contributed by atoms with Crippen LogP contribution in [0.5, 0.6) is 5.75 Å². The molecule has 1 fully saturated rings. The van der Waals surface area contributed by atoms with Crippen LogP contribution in [0.2, 0.25) is 0 Å². The van der Waals surface area contributed by atoms with E-state index in [9.17, 15) is 13.2 Å². The van der Waals surface area contributed by atoms with Crippen molar-refractivity contribution in [1.82, 2.24) is 15.2 Å². The highest BCUT2D eigenvalue weighted by Gasteiger charge is 2.22. The first-order chi connectivity index (χ1) is 16.4. The first-order valence-corrected chi connectivity index (χ1v) is 12.6. The Hall–Kier alpha value is -3.43. The van der Waals surface area contributed by atoms with Gasteiger partial charge in [-0.3, -0.25) is 19.4 Å². The second-order valence-electron chi connectivity index (χ2n) is 8.24. The van der Waals surface area contributed by atoms with E-state index in [1.165, 1.54) is 29.8 Å². The number of sulfonamides is 1. The summed E-state index contributed by atoms with van der Waals surface area (Å²) in [6, 6.07) is 16.7. The highest BCUT2D eigenvalue weighted by molar-refractivity contribution is 7.92. The maximum absolute atomic E-state index is 12.7. The highest BCUT2D eigenvalue weighted by Crippen LogP contribution is 2.20. The smallest absolute Gasteiger partial charge is 0.261 e. The zero-order valence-electron chi connectivity index (χ0n) is 19.0. The summed E-state index contributed by atoms with van der Waals surface area (Å²) in [5.74, 6) is 0.442. The van der Waals surface area contributed by atoms with Crippen molar-refractivity contribution >= 4 is 21.6 Å². The van der Waals surface area contributed by atoms with Crippen LogP contribution in [-0.2, 0) is 16.6 Å². The molecule has 0 radical (unpaired) electrons. The molecule has 0 spiro atoms. The zero-order chi connectivity index (χ0) is 24.0. The summed E-state index contributed by atoms with van der Waals surface area (Å²) in [7, 11) is -2.22. The van der Waals surface area contributed by atoms with Crippen LogP contribution < -0.4 is 14.8 Å². The highest BCUT2D eigenvalue weighted by atomic mass is 32.2. The fourth-order valence-corrected chi connectivity index (χ4v) is 4.97. The lowest BCUT2D eigenvalue weighted by atomic mass is 10.0. The molecule has 8 nitrogen and oxygen atoms in total. The summed E-state index contributed by atoms with van der Waals surface area (Å²) in [6.45, 7) is 2.69. The standard InChI is InChI=1S/C25H28N4O4S/c1-33-23-6-4-22(5-7-23)28-34(31,32)24-8-2-20(3-9-24)25(30)27-21-12-16-29(17-13-21)18-19-10-14-26-15-11-19/h2-11,14-15,21,28H,12-13,16-18H2,1H3,(H,27,30). The zero-order valence-corrected chi connectivity index (χ0v) is 19.8. The van der Waals surface area contributed by atoms with E-state index in [-0.39, 0.29) is 16.8 Å². The number of hydrogen-bond acceptors (Lipinski definition) is 6. The number of aromatic nitrogens is 1. The second kappa shape index (κ2) is 10.7. The molecule has 1 aromatic heterocycles. The van der Waals surface area contributed by atoms with Crippen molar-refractivity contribution in [3.63, 3.8) is 0 Å². The Balaban J connectivity index is 1.29. The van der Waals surface area contributed by atoms with Crippen molar-refractivity contribution in [2.24, 2.45) is 0 Å². The maximum Gasteiger partial charge on any atom is 0.261 e. The summed E-state index contributed by atoms with van der Waals surface area (Å²) in [5, 5.41) is 3.08. The van der Waals surface area contributed by atoms with Gasteiger partial charge in [0.05, 0.1) is 12.0 Å². The van der Waals surface area contributed by atoms with E-state index in [1.54, 1.807) is 43.8 Å². The first-order valence-electron chi connectivity index (χ1n) is 11.1. The minimum Gasteiger partial charge on any atom is -0.497 e. The number of ether oxygens (including phenoxy) is 1. The van der Waals surface area contributed by atoms with Gasteiger partial charge in [-0.15, -0.1) is 0 Å². The molecule has 34 heavy (non-hydrogen) atoms. The minimum absolute atomic E-state index is 0.0873. The average Bonchev–Trinajstić information content (AvgIpc) is 2.86. The van der Waals surface area contributed by atoms with E-state index in [4.69, 9.17) is 4.74 Å². The molecule has 0 unspecified atom stereocenters. The third-order valence-electron chi connectivity index (χ3n) is 5.85. The molecule has 2 N–H and O–H groups in total. The minimum atomic E-state index is -3.77. The van der Waals surface area contributed by atoms with Crippen LogP contribution >= 0.6 is 0 Å². The molecular weight excluding hydrogens is 452 g/mol. The van der Waals surface area contributed by atoms with E-state index in [2.05, 4.69) is 19.9 Å². The monoisotopic (exact) mass is 480 g/mol. The first kappa shape index (κ1) is 23.7. The molecule has 0 aliphatic carbocycles. The largest absolute Gasteiger partial charge is 0.497 e. The van der Waals surface area contributed by atoms with Crippen LogP contribution in [-0.4, -0.2) is 50.5 Å². The molecule has 1 aliphatic heterocycles. The molecule has 2 aromatic carbocycles. The molecule has 3 aromatic rings. The van der Waals surface area contributed by atoms with Crippen LogP contribution in [0.25, 0.3) is 0 Å². The van der Waals surface area contributed by atoms with E-state index >= 15 is 0 Å². The molecule has 1 aliphatic rings. The normalized spacial score (nSPS) is 15.0. The predicted molar refractivity (Wildman–Crippen MR) is 130 cm³/mol. The Morgan fingerprint density at radius 1 is 1.00 bits per heavy atom. The molecule has 9 heteroatoms. The number of rotatable bonds is 8. The molecule has 0 atom stereocenters. The number of benzene rings is 2. The number of carbonyl (C=O) groups is 1. The predicted octanol–water partition coefficient (Wildman–Crippen LogP) is 3.29. The van der Waals surface area contributed by atoms with E-state index in [1.807, 2.05) is 12.1 Å². The lowest BCUT2D eigenvalue weighted by Gasteiger charge is -2.32. The molecule has 0 saturated carbocycles. The van der Waals surface area contributed by atoms with Gasteiger partial charge >= 0.3 is 0 Å². The fourth-order valence-electron chi connectivity index (χ4n) is 3.91. The number of pyridine rings is 1. The van der Waals surface area contributed by atoms with E-state index in [0.717, 1.165) is 32.5 Å². The average molecular weight is 481 g/mol. The second-order valence-corrected chi connectivity index (χ2v) is 9.92. The Morgan fingerprint density at radius 2 is 1.65 bits per heavy atom. The number of nitrogens with zero attached hydrogens (tertiary/aromatic N) is 2. The number of piperidine rings is 1. The van der Waals surface area contributed by atoms with Crippen LogP contribution in [0.3, 0.4) is 0 Å². The van der Waals surface area contributed by atoms with Gasteiger partial charge in [0, 0.05) is 49.3 Å². The van der Waals surface area contributed by atoms with Gasteiger partial charge in [0.15, 0.2) is 0 Å². The van der Waals surface area contributed by atoms with Gasteiger partial charge < -0.3 is 10.1 Å². The van der Waals surface area contributed by atoms with Gasteiger partial charge in [-0.05, 0) is 79.1 Å². The molecule has 2 heterocycles.